The van der Waals surface area contributed by atoms with Crippen molar-refractivity contribution in [2.24, 2.45) is 0 Å². The minimum atomic E-state index is -0.121. The Morgan fingerprint density at radius 1 is 1.29 bits per heavy atom. The van der Waals surface area contributed by atoms with Crippen LogP contribution in [0.1, 0.15) is 24.5 Å². The van der Waals surface area contributed by atoms with Gasteiger partial charge in [-0.2, -0.15) is 4.98 Å². The first kappa shape index (κ1) is 22.2. The summed E-state index contributed by atoms with van der Waals surface area (Å²) in [7, 11) is 0. The van der Waals surface area contributed by atoms with Gasteiger partial charge in [0, 0.05) is 24.7 Å². The average Bonchev–Trinajstić information content (AvgIpc) is 2.66. The van der Waals surface area contributed by atoms with Crippen LogP contribution >= 0.6 is 0 Å². The molecular formula is C20H30ClN5O2. The number of nitrogens with two attached hydrogens (primary N) is 1. The highest BCUT2D eigenvalue weighted by molar-refractivity contribution is 5.58. The minimum absolute atomic E-state index is 0. The highest BCUT2D eigenvalue weighted by Crippen LogP contribution is 2.19. The lowest BCUT2D eigenvalue weighted by molar-refractivity contribution is -0.908. The number of aryl methyl sites for hydroxylation is 2. The zero-order chi connectivity index (χ0) is 19.2. The van der Waals surface area contributed by atoms with Gasteiger partial charge in [0.25, 0.3) is 5.56 Å². The van der Waals surface area contributed by atoms with Crippen LogP contribution in [-0.4, -0.2) is 42.4 Å². The van der Waals surface area contributed by atoms with Crippen molar-refractivity contribution in [2.75, 3.05) is 43.9 Å². The average molecular weight is 408 g/mol. The van der Waals surface area contributed by atoms with Gasteiger partial charge in [0.2, 0.25) is 5.95 Å². The molecule has 0 radical (unpaired) electrons. The largest absolute Gasteiger partial charge is 1.00 e. The van der Waals surface area contributed by atoms with E-state index in [-0.39, 0.29) is 23.9 Å². The number of halogens is 1. The maximum Gasteiger partial charge on any atom is 0.257 e. The zero-order valence-corrected chi connectivity index (χ0v) is 17.4. The molecule has 0 spiro atoms. The molecule has 154 valence electrons. The second-order valence-corrected chi connectivity index (χ2v) is 7.08. The van der Waals surface area contributed by atoms with Crippen molar-refractivity contribution in [3.05, 3.63) is 45.7 Å². The van der Waals surface area contributed by atoms with Gasteiger partial charge in [-0.3, -0.25) is 9.36 Å². The maximum absolute atomic E-state index is 12.5. The summed E-state index contributed by atoms with van der Waals surface area (Å²) < 4.78 is 6.93. The lowest BCUT2D eigenvalue weighted by Crippen LogP contribution is -3.14. The Bertz CT molecular complexity index is 834. The third-order valence-corrected chi connectivity index (χ3v) is 5.15. The first-order chi connectivity index (χ1) is 13.1. The molecule has 4 N–H and O–H groups in total. The van der Waals surface area contributed by atoms with Gasteiger partial charge in [-0.25, -0.2) is 0 Å². The number of nitrogen functional groups attached to an aromatic ring is 1. The smallest absolute Gasteiger partial charge is 0.257 e. The van der Waals surface area contributed by atoms with Crippen molar-refractivity contribution in [3.63, 3.8) is 0 Å². The van der Waals surface area contributed by atoms with Gasteiger partial charge in [-0.15, -0.1) is 0 Å². The van der Waals surface area contributed by atoms with E-state index < -0.39 is 0 Å². The predicted octanol–water partition coefficient (Wildman–Crippen LogP) is -2.25. The molecule has 2 aromatic rings. The number of nitrogens with one attached hydrogen (secondary N) is 2. The Hall–Kier alpha value is -2.09. The van der Waals surface area contributed by atoms with E-state index in [2.05, 4.69) is 36.3 Å². The van der Waals surface area contributed by atoms with Gasteiger partial charge in [0.15, 0.2) is 0 Å². The lowest BCUT2D eigenvalue weighted by atomic mass is 10.1. The van der Waals surface area contributed by atoms with E-state index in [0.29, 0.717) is 12.4 Å². The van der Waals surface area contributed by atoms with Crippen molar-refractivity contribution in [3.8, 4) is 0 Å². The SMILES string of the molecule is CCc1cc(Nc2cc(=O)n(CCC[NH+]3CCOCC3)c(N)n2)ccc1C.[Cl-]. The molecule has 0 saturated carbocycles. The number of morpholine rings is 1. The summed E-state index contributed by atoms with van der Waals surface area (Å²) >= 11 is 0. The molecule has 0 aliphatic carbocycles. The quantitative estimate of drug-likeness (QED) is 0.482. The fourth-order valence-electron chi connectivity index (χ4n) is 3.49. The van der Waals surface area contributed by atoms with Gasteiger partial charge < -0.3 is 33.1 Å². The van der Waals surface area contributed by atoms with Gasteiger partial charge in [0.1, 0.15) is 18.9 Å². The van der Waals surface area contributed by atoms with Gasteiger partial charge in [-0.1, -0.05) is 13.0 Å². The van der Waals surface area contributed by atoms with E-state index in [1.165, 1.54) is 22.1 Å². The van der Waals surface area contributed by atoms with E-state index in [0.717, 1.165) is 51.4 Å². The highest BCUT2D eigenvalue weighted by atomic mass is 35.5. The van der Waals surface area contributed by atoms with Crippen LogP contribution in [0.5, 0.6) is 0 Å². The molecule has 0 bridgehead atoms. The molecule has 1 aliphatic rings. The fourth-order valence-corrected chi connectivity index (χ4v) is 3.49. The molecule has 1 saturated heterocycles. The number of hydrogen-bond donors (Lipinski definition) is 3. The molecule has 28 heavy (non-hydrogen) atoms. The van der Waals surface area contributed by atoms with Crippen LogP contribution in [0.25, 0.3) is 0 Å². The lowest BCUT2D eigenvalue weighted by Gasteiger charge is -2.23. The van der Waals surface area contributed by atoms with Crippen LogP contribution in [0, 0.1) is 6.92 Å². The molecular weight excluding hydrogens is 378 g/mol. The molecule has 3 rings (SSSR count). The molecule has 7 nitrogen and oxygen atoms in total. The number of rotatable bonds is 7. The van der Waals surface area contributed by atoms with Crippen LogP contribution in [0.2, 0.25) is 0 Å². The van der Waals surface area contributed by atoms with Crippen LogP contribution in [-0.2, 0) is 17.7 Å². The van der Waals surface area contributed by atoms with Crippen LogP contribution in [0.3, 0.4) is 0 Å². The second kappa shape index (κ2) is 10.5. The molecule has 1 aromatic heterocycles. The van der Waals surface area contributed by atoms with Gasteiger partial charge in [-0.05, 0) is 36.6 Å². The molecule has 8 heteroatoms. The Morgan fingerprint density at radius 3 is 2.71 bits per heavy atom. The van der Waals surface area contributed by atoms with Crippen molar-refractivity contribution in [2.45, 2.75) is 33.2 Å². The molecule has 0 amide bonds. The Labute approximate surface area is 172 Å². The number of nitrogens with zero attached hydrogens (tertiary/aromatic N) is 2. The normalized spacial score (nSPS) is 14.5. The summed E-state index contributed by atoms with van der Waals surface area (Å²) in [6.45, 7) is 9.52. The van der Waals surface area contributed by atoms with E-state index in [1.54, 1.807) is 4.57 Å². The predicted molar refractivity (Wildman–Crippen MR) is 108 cm³/mol. The van der Waals surface area contributed by atoms with Crippen molar-refractivity contribution in [1.82, 2.24) is 9.55 Å². The first-order valence-corrected chi connectivity index (χ1v) is 9.72. The van der Waals surface area contributed by atoms with E-state index in [4.69, 9.17) is 10.5 Å². The van der Waals surface area contributed by atoms with Crippen molar-refractivity contribution in [1.29, 1.82) is 0 Å². The topological polar surface area (TPSA) is 86.6 Å². The second-order valence-electron chi connectivity index (χ2n) is 7.08. The molecule has 2 heterocycles. The molecule has 1 aliphatic heterocycles. The number of aromatic nitrogens is 2. The third-order valence-electron chi connectivity index (χ3n) is 5.15. The number of anilines is 3. The number of benzene rings is 1. The van der Waals surface area contributed by atoms with E-state index in [9.17, 15) is 4.79 Å². The summed E-state index contributed by atoms with van der Waals surface area (Å²) in [5.74, 6) is 0.739. The molecule has 1 fully saturated rings. The van der Waals surface area contributed by atoms with Gasteiger partial charge in [0.05, 0.1) is 19.8 Å². The van der Waals surface area contributed by atoms with Crippen LogP contribution < -0.4 is 33.9 Å². The summed E-state index contributed by atoms with van der Waals surface area (Å²) in [6, 6.07) is 7.66. The minimum Gasteiger partial charge on any atom is -1.00 e. The molecule has 0 atom stereocenters. The van der Waals surface area contributed by atoms with Crippen LogP contribution in [0.15, 0.2) is 29.1 Å². The van der Waals surface area contributed by atoms with Crippen molar-refractivity contribution >= 4 is 17.5 Å². The summed E-state index contributed by atoms with van der Waals surface area (Å²) in [4.78, 5) is 18.4. The van der Waals surface area contributed by atoms with E-state index in [1.807, 2.05) is 6.07 Å². The summed E-state index contributed by atoms with van der Waals surface area (Å²) in [6.07, 6.45) is 1.86. The first-order valence-electron chi connectivity index (χ1n) is 9.72. The number of hydrogen-bond acceptors (Lipinski definition) is 5. The van der Waals surface area contributed by atoms with Crippen LogP contribution in [0.4, 0.5) is 17.5 Å². The summed E-state index contributed by atoms with van der Waals surface area (Å²) in [5, 5.41) is 3.20. The number of ether oxygens (including phenoxy) is 1. The molecule has 1 aromatic carbocycles. The molecule has 0 unspecified atom stereocenters. The highest BCUT2D eigenvalue weighted by Gasteiger charge is 2.14. The Balaban J connectivity index is 0.00000280. The van der Waals surface area contributed by atoms with E-state index >= 15 is 0 Å². The fraction of sp³-hybridized carbons (Fsp3) is 0.500. The monoisotopic (exact) mass is 407 g/mol. The van der Waals surface area contributed by atoms with Gasteiger partial charge >= 0.3 is 0 Å². The third kappa shape index (κ3) is 5.70. The maximum atomic E-state index is 12.5. The Kier molecular flexibility index (Phi) is 8.29. The van der Waals surface area contributed by atoms with Crippen molar-refractivity contribution < 1.29 is 22.0 Å². The summed E-state index contributed by atoms with van der Waals surface area (Å²) in [5.41, 5.74) is 9.38. The zero-order valence-electron chi connectivity index (χ0n) is 16.6. The Morgan fingerprint density at radius 2 is 2.04 bits per heavy atom. The standard InChI is InChI=1S/C20H29N5O2.ClH/c1-3-16-13-17(6-5-15(16)2)22-18-14-19(26)25(20(21)23-18)8-4-7-24-9-11-27-12-10-24;/h5-6,13-14,22H,3-4,7-12H2,1-2H3,(H2,21,23);1H. The number of quaternary nitrogens is 1.